The van der Waals surface area contributed by atoms with Gasteiger partial charge < -0.3 is 5.32 Å². The van der Waals surface area contributed by atoms with Gasteiger partial charge >= 0.3 is 11.8 Å². The number of anilines is 1. The molecule has 2 aliphatic rings. The van der Waals surface area contributed by atoms with E-state index in [0.29, 0.717) is 11.3 Å². The third-order valence-electron chi connectivity index (χ3n) is 6.42. The number of nitrogens with one attached hydrogen (secondary N) is 1. The van der Waals surface area contributed by atoms with Crippen molar-refractivity contribution in [3.8, 4) is 11.3 Å². The fourth-order valence-electron chi connectivity index (χ4n) is 4.43. The van der Waals surface area contributed by atoms with Crippen molar-refractivity contribution in [1.82, 2.24) is 9.78 Å². The van der Waals surface area contributed by atoms with E-state index in [9.17, 15) is 26.7 Å². The molecule has 1 atom stereocenters. The Morgan fingerprint density at radius 3 is 2.33 bits per heavy atom. The average molecular weight is 427 g/mol. The summed E-state index contributed by atoms with van der Waals surface area (Å²) in [7, 11) is 1.68. The first-order valence-corrected chi connectivity index (χ1v) is 9.83. The summed E-state index contributed by atoms with van der Waals surface area (Å²) in [6.07, 6.45) is 0.971. The van der Waals surface area contributed by atoms with E-state index in [4.69, 9.17) is 0 Å². The van der Waals surface area contributed by atoms with Crippen LogP contribution in [0.4, 0.5) is 27.8 Å². The van der Waals surface area contributed by atoms with Crippen molar-refractivity contribution in [2.24, 2.45) is 13.0 Å². The molecule has 0 aliphatic heterocycles. The van der Waals surface area contributed by atoms with Gasteiger partial charge in [-0.05, 0) is 42.5 Å². The Kier molecular flexibility index (Phi) is 4.70. The lowest BCUT2D eigenvalue weighted by molar-refractivity contribution is -0.313. The van der Waals surface area contributed by atoms with Crippen molar-refractivity contribution in [3.05, 3.63) is 35.6 Å². The summed E-state index contributed by atoms with van der Waals surface area (Å²) in [5, 5.41) is 6.94. The van der Waals surface area contributed by atoms with Gasteiger partial charge in [-0.25, -0.2) is 4.39 Å². The Hall–Kier alpha value is -2.45. The largest absolute Gasteiger partial charge is 0.313 e. The van der Waals surface area contributed by atoms with Gasteiger partial charge in [0.25, 0.3) is 0 Å². The molecule has 9 heteroatoms. The topological polar surface area (TPSA) is 46.9 Å². The van der Waals surface area contributed by atoms with Gasteiger partial charge in [0.05, 0.1) is 5.69 Å². The van der Waals surface area contributed by atoms with Gasteiger partial charge in [0, 0.05) is 36.9 Å². The molecule has 0 unspecified atom stereocenters. The molecule has 1 N–H and O–H groups in total. The lowest BCUT2D eigenvalue weighted by Crippen LogP contribution is -2.59. The molecule has 1 amide bonds. The first kappa shape index (κ1) is 20.8. The summed E-state index contributed by atoms with van der Waals surface area (Å²) in [5.41, 5.74) is 1.88. The van der Waals surface area contributed by atoms with Gasteiger partial charge in [-0.1, -0.05) is 13.3 Å². The van der Waals surface area contributed by atoms with Crippen LogP contribution in [0.3, 0.4) is 0 Å². The van der Waals surface area contributed by atoms with Crippen molar-refractivity contribution in [2.75, 3.05) is 5.32 Å². The molecule has 4 rings (SSSR count). The van der Waals surface area contributed by atoms with E-state index in [1.807, 2.05) is 6.92 Å². The van der Waals surface area contributed by atoms with Gasteiger partial charge in [0.1, 0.15) is 5.82 Å². The minimum Gasteiger partial charge on any atom is -0.309 e. The number of nitrogens with zero attached hydrogens (tertiary/aromatic N) is 2. The molecule has 2 saturated carbocycles. The van der Waals surface area contributed by atoms with Crippen LogP contribution in [-0.4, -0.2) is 27.5 Å². The molecule has 1 aromatic carbocycles. The van der Waals surface area contributed by atoms with Crippen LogP contribution in [0.5, 0.6) is 0 Å². The van der Waals surface area contributed by atoms with Crippen LogP contribution in [-0.2, 0) is 17.3 Å². The number of hydrogen-bond acceptors (Lipinski definition) is 2. The Morgan fingerprint density at radius 1 is 1.20 bits per heavy atom. The first-order chi connectivity index (χ1) is 13.9. The fourth-order valence-corrected chi connectivity index (χ4v) is 4.43. The predicted octanol–water partition coefficient (Wildman–Crippen LogP) is 5.29. The number of carbonyl (C=O) groups is 1. The normalized spacial score (nSPS) is 23.4. The van der Waals surface area contributed by atoms with Gasteiger partial charge in [-0.3, -0.25) is 9.48 Å². The van der Waals surface area contributed by atoms with Crippen LogP contribution in [0.15, 0.2) is 24.3 Å². The molecule has 162 valence electrons. The molecule has 4 nitrogen and oxygen atoms in total. The summed E-state index contributed by atoms with van der Waals surface area (Å²) in [6, 6.07) is 5.87. The summed E-state index contributed by atoms with van der Waals surface area (Å²) in [4.78, 5) is 12.4. The van der Waals surface area contributed by atoms with Crippen molar-refractivity contribution in [3.63, 3.8) is 0 Å². The standard InChI is InChI=1S/C21H22F5N3O/c1-19(8-3-9-19)16-17(12-4-6-14(22)7-5-12)29(2)28-18(16)27-15(30)10-13-11-20(23,24)21(13,25)26/h4-7,13H,3,8-11H2,1-2H3,(H,27,28,30)/t13-/m1/s1. The number of halogens is 5. The maximum Gasteiger partial charge on any atom is 0.313 e. The van der Waals surface area contributed by atoms with Crippen LogP contribution in [0, 0.1) is 11.7 Å². The Labute approximate surface area is 170 Å². The zero-order valence-corrected chi connectivity index (χ0v) is 16.6. The highest BCUT2D eigenvalue weighted by Gasteiger charge is 2.71. The number of rotatable bonds is 5. The summed E-state index contributed by atoms with van der Waals surface area (Å²) >= 11 is 0. The Balaban J connectivity index is 1.63. The van der Waals surface area contributed by atoms with Crippen LogP contribution < -0.4 is 5.32 Å². The fraction of sp³-hybridized carbons (Fsp3) is 0.524. The van der Waals surface area contributed by atoms with Gasteiger partial charge in [-0.2, -0.15) is 22.7 Å². The van der Waals surface area contributed by atoms with Crippen molar-refractivity contribution < 1.29 is 26.7 Å². The molecule has 0 spiro atoms. The SMILES string of the molecule is Cn1nc(NC(=O)C[C@@H]2CC(F)(F)C2(F)F)c(C2(C)CCC2)c1-c1ccc(F)cc1. The van der Waals surface area contributed by atoms with Crippen LogP contribution >= 0.6 is 0 Å². The number of aryl methyl sites for hydroxylation is 1. The zero-order chi connectivity index (χ0) is 21.9. The molecule has 1 aromatic heterocycles. The third-order valence-corrected chi connectivity index (χ3v) is 6.42. The molecule has 2 aliphatic carbocycles. The summed E-state index contributed by atoms with van der Waals surface area (Å²) < 4.78 is 68.2. The maximum absolute atomic E-state index is 13.6. The molecule has 0 bridgehead atoms. The number of aromatic nitrogens is 2. The van der Waals surface area contributed by atoms with E-state index in [1.54, 1.807) is 23.9 Å². The van der Waals surface area contributed by atoms with Crippen LogP contribution in [0.1, 0.15) is 44.6 Å². The lowest BCUT2D eigenvalue weighted by Gasteiger charge is -2.43. The molecule has 0 saturated heterocycles. The lowest BCUT2D eigenvalue weighted by atomic mass is 9.65. The number of amides is 1. The molecular formula is C21H22F5N3O. The second-order valence-corrected chi connectivity index (χ2v) is 8.60. The number of benzene rings is 1. The predicted molar refractivity (Wildman–Crippen MR) is 101 cm³/mol. The molecular weight excluding hydrogens is 405 g/mol. The van der Waals surface area contributed by atoms with E-state index in [1.165, 1.54) is 12.1 Å². The molecule has 1 heterocycles. The van der Waals surface area contributed by atoms with Gasteiger partial charge in [0.2, 0.25) is 5.91 Å². The average Bonchev–Trinajstić information content (AvgIpc) is 2.95. The molecule has 30 heavy (non-hydrogen) atoms. The monoisotopic (exact) mass is 427 g/mol. The number of hydrogen-bond donors (Lipinski definition) is 1. The van der Waals surface area contributed by atoms with E-state index in [-0.39, 0.29) is 17.1 Å². The smallest absolute Gasteiger partial charge is 0.309 e. The van der Waals surface area contributed by atoms with Crippen molar-refractivity contribution >= 4 is 11.7 Å². The van der Waals surface area contributed by atoms with Crippen LogP contribution in [0.25, 0.3) is 11.3 Å². The molecule has 2 fully saturated rings. The Morgan fingerprint density at radius 2 is 1.83 bits per heavy atom. The second kappa shape index (κ2) is 6.78. The maximum atomic E-state index is 13.6. The third kappa shape index (κ3) is 3.18. The quantitative estimate of drug-likeness (QED) is 0.660. The van der Waals surface area contributed by atoms with E-state index < -0.39 is 36.5 Å². The van der Waals surface area contributed by atoms with E-state index >= 15 is 0 Å². The second-order valence-electron chi connectivity index (χ2n) is 8.60. The van der Waals surface area contributed by atoms with E-state index in [2.05, 4.69) is 10.4 Å². The zero-order valence-electron chi connectivity index (χ0n) is 16.6. The number of carbonyl (C=O) groups excluding carboxylic acids is 1. The highest BCUT2D eigenvalue weighted by molar-refractivity contribution is 5.92. The minimum absolute atomic E-state index is 0.235. The van der Waals surface area contributed by atoms with E-state index in [0.717, 1.165) is 24.8 Å². The molecule has 2 aromatic rings. The van der Waals surface area contributed by atoms with Crippen LogP contribution in [0.2, 0.25) is 0 Å². The van der Waals surface area contributed by atoms with Gasteiger partial charge in [0.15, 0.2) is 5.82 Å². The first-order valence-electron chi connectivity index (χ1n) is 9.83. The summed E-state index contributed by atoms with van der Waals surface area (Å²) in [6.45, 7) is 2.02. The minimum atomic E-state index is -4.18. The van der Waals surface area contributed by atoms with Gasteiger partial charge in [-0.15, -0.1) is 0 Å². The van der Waals surface area contributed by atoms with Crippen molar-refractivity contribution in [1.29, 1.82) is 0 Å². The highest BCUT2D eigenvalue weighted by atomic mass is 19.3. The highest BCUT2D eigenvalue weighted by Crippen LogP contribution is 2.56. The molecule has 0 radical (unpaired) electrons. The summed E-state index contributed by atoms with van der Waals surface area (Å²) in [5.74, 6) is -10.9. The Bertz CT molecular complexity index is 979. The van der Waals surface area contributed by atoms with Crippen molar-refractivity contribution in [2.45, 2.75) is 56.3 Å². The number of alkyl halides is 4.